The lowest BCUT2D eigenvalue weighted by molar-refractivity contribution is 0.261. The van der Waals surface area contributed by atoms with Crippen LogP contribution < -0.4 is 4.74 Å². The van der Waals surface area contributed by atoms with Crippen LogP contribution in [0.3, 0.4) is 0 Å². The Morgan fingerprint density at radius 2 is 1.30 bits per heavy atom. The monoisotopic (exact) mass is 441 g/mol. The molecule has 0 heterocycles. The number of hydrogen-bond donors (Lipinski definition) is 0. The largest absolute Gasteiger partial charge is 0.492 e. The van der Waals surface area contributed by atoms with E-state index in [-0.39, 0.29) is 12.4 Å². The van der Waals surface area contributed by atoms with Gasteiger partial charge >= 0.3 is 0 Å². The van der Waals surface area contributed by atoms with Gasteiger partial charge in [-0.05, 0) is 60.5 Å². The first-order valence-corrected chi connectivity index (χ1v) is 10.5. The van der Waals surface area contributed by atoms with Crippen molar-refractivity contribution in [3.8, 4) is 5.75 Å². The van der Waals surface area contributed by atoms with E-state index >= 15 is 0 Å². The fraction of sp³-hybridized carbons (Fsp3) is 0.231. The highest BCUT2D eigenvalue weighted by atomic mass is 35.5. The van der Waals surface area contributed by atoms with Gasteiger partial charge in [0.1, 0.15) is 12.4 Å². The molecular formula is C26H29Cl2NO. The number of nitrogens with zero attached hydrogens (tertiary/aromatic N) is 1. The van der Waals surface area contributed by atoms with Crippen LogP contribution in [0, 0.1) is 0 Å². The third kappa shape index (κ3) is 6.63. The highest BCUT2D eigenvalue weighted by Gasteiger charge is 2.14. The van der Waals surface area contributed by atoms with Crippen molar-refractivity contribution in [2.24, 2.45) is 0 Å². The molecule has 0 fully saturated rings. The van der Waals surface area contributed by atoms with Crippen molar-refractivity contribution in [2.45, 2.75) is 6.42 Å². The Morgan fingerprint density at radius 3 is 1.83 bits per heavy atom. The van der Waals surface area contributed by atoms with Crippen LogP contribution in [0.4, 0.5) is 0 Å². The third-order valence-corrected chi connectivity index (χ3v) is 4.97. The van der Waals surface area contributed by atoms with Crippen LogP contribution in [0.1, 0.15) is 23.1 Å². The molecule has 158 valence electrons. The maximum Gasteiger partial charge on any atom is 0.119 e. The first-order valence-electron chi connectivity index (χ1n) is 9.97. The predicted octanol–water partition coefficient (Wildman–Crippen LogP) is 6.64. The Bertz CT molecular complexity index is 907. The number of allylic oxidation sites excluding steroid dienone is 1. The first-order chi connectivity index (χ1) is 14.2. The minimum absolute atomic E-state index is 0. The normalized spacial score (nSPS) is 11.6. The molecule has 4 heteroatoms. The first kappa shape index (κ1) is 24.0. The fourth-order valence-corrected chi connectivity index (χ4v) is 3.52. The third-order valence-electron chi connectivity index (χ3n) is 4.78. The second-order valence-electron chi connectivity index (χ2n) is 7.20. The minimum Gasteiger partial charge on any atom is -0.492 e. The Morgan fingerprint density at radius 1 is 0.767 bits per heavy atom. The summed E-state index contributed by atoms with van der Waals surface area (Å²) in [6.45, 7) is 1.57. The van der Waals surface area contributed by atoms with E-state index in [9.17, 15) is 0 Å². The standard InChI is InChI=1S/C26H28ClNO.ClH/c1-28(2)19-20-29-24-15-13-23(14-16-24)26(22-11-7-4-8-12-22)25(17-18-27)21-9-5-3-6-10-21;/h3-16H,17-20H2,1-2H3;1H/b26-25-;. The van der Waals surface area contributed by atoms with E-state index in [0.717, 1.165) is 18.7 Å². The maximum atomic E-state index is 6.21. The molecule has 3 rings (SSSR count). The lowest BCUT2D eigenvalue weighted by atomic mass is 9.88. The lowest BCUT2D eigenvalue weighted by Crippen LogP contribution is -2.19. The number of benzene rings is 3. The summed E-state index contributed by atoms with van der Waals surface area (Å²) in [6, 6.07) is 29.4. The summed E-state index contributed by atoms with van der Waals surface area (Å²) in [5, 5.41) is 0. The summed E-state index contributed by atoms with van der Waals surface area (Å²) in [7, 11) is 4.09. The van der Waals surface area contributed by atoms with Crippen LogP contribution in [0.25, 0.3) is 11.1 Å². The summed E-state index contributed by atoms with van der Waals surface area (Å²) in [4.78, 5) is 2.11. The predicted molar refractivity (Wildman–Crippen MR) is 132 cm³/mol. The molecule has 2 nitrogen and oxygen atoms in total. The zero-order valence-corrected chi connectivity index (χ0v) is 19.1. The van der Waals surface area contributed by atoms with Crippen molar-refractivity contribution in [3.63, 3.8) is 0 Å². The number of hydrogen-bond acceptors (Lipinski definition) is 2. The lowest BCUT2D eigenvalue weighted by Gasteiger charge is -2.17. The summed E-state index contributed by atoms with van der Waals surface area (Å²) in [5.41, 5.74) is 6.04. The molecule has 0 aliphatic heterocycles. The van der Waals surface area contributed by atoms with Gasteiger partial charge in [0.25, 0.3) is 0 Å². The van der Waals surface area contributed by atoms with Crippen LogP contribution in [0.5, 0.6) is 5.75 Å². The molecule has 0 aromatic heterocycles. The van der Waals surface area contributed by atoms with Crippen LogP contribution >= 0.6 is 24.0 Å². The van der Waals surface area contributed by atoms with E-state index in [2.05, 4.69) is 77.7 Å². The van der Waals surface area contributed by atoms with Gasteiger partial charge < -0.3 is 9.64 Å². The fourth-order valence-electron chi connectivity index (χ4n) is 3.33. The van der Waals surface area contributed by atoms with Gasteiger partial charge in [-0.3, -0.25) is 0 Å². The molecule has 3 aromatic carbocycles. The van der Waals surface area contributed by atoms with Crippen LogP contribution in [0.2, 0.25) is 0 Å². The Hall–Kier alpha value is -2.26. The van der Waals surface area contributed by atoms with Crippen molar-refractivity contribution >= 4 is 35.2 Å². The summed E-state index contributed by atoms with van der Waals surface area (Å²) in [6.07, 6.45) is 0.802. The number of alkyl halides is 1. The molecule has 0 aliphatic carbocycles. The van der Waals surface area contributed by atoms with Crippen LogP contribution in [-0.2, 0) is 0 Å². The highest BCUT2D eigenvalue weighted by Crippen LogP contribution is 2.35. The van der Waals surface area contributed by atoms with E-state index in [1.165, 1.54) is 27.8 Å². The molecule has 0 spiro atoms. The molecule has 0 radical (unpaired) electrons. The van der Waals surface area contributed by atoms with E-state index in [1.54, 1.807) is 0 Å². The minimum atomic E-state index is 0. The van der Waals surface area contributed by atoms with Gasteiger partial charge in [-0.2, -0.15) is 0 Å². The Balaban J connectivity index is 0.00000320. The number of halogens is 2. The second-order valence-corrected chi connectivity index (χ2v) is 7.58. The average Bonchev–Trinajstić information content (AvgIpc) is 2.75. The van der Waals surface area contributed by atoms with E-state index in [4.69, 9.17) is 16.3 Å². The topological polar surface area (TPSA) is 12.5 Å². The zero-order chi connectivity index (χ0) is 20.5. The maximum absolute atomic E-state index is 6.21. The summed E-state index contributed by atoms with van der Waals surface area (Å²) >= 11 is 6.21. The molecule has 0 N–H and O–H groups in total. The average molecular weight is 442 g/mol. The highest BCUT2D eigenvalue weighted by molar-refractivity contribution is 6.18. The van der Waals surface area contributed by atoms with Gasteiger partial charge in [0, 0.05) is 12.4 Å². The molecule has 0 unspecified atom stereocenters. The van der Waals surface area contributed by atoms with Gasteiger partial charge in [0.2, 0.25) is 0 Å². The van der Waals surface area contributed by atoms with E-state index < -0.39 is 0 Å². The van der Waals surface area contributed by atoms with Crippen molar-refractivity contribution in [1.29, 1.82) is 0 Å². The quantitative estimate of drug-likeness (QED) is 0.272. The van der Waals surface area contributed by atoms with Gasteiger partial charge in [-0.25, -0.2) is 0 Å². The molecule has 0 saturated heterocycles. The van der Waals surface area contributed by atoms with Gasteiger partial charge in [-0.15, -0.1) is 24.0 Å². The van der Waals surface area contributed by atoms with Crippen LogP contribution in [-0.4, -0.2) is 38.0 Å². The number of ether oxygens (including phenoxy) is 1. The second kappa shape index (κ2) is 12.4. The molecule has 0 bridgehead atoms. The van der Waals surface area contributed by atoms with Crippen molar-refractivity contribution in [2.75, 3.05) is 33.1 Å². The van der Waals surface area contributed by atoms with Crippen LogP contribution in [0.15, 0.2) is 84.9 Å². The molecule has 0 amide bonds. The SMILES string of the molecule is CN(C)CCOc1ccc(/C(=C(/CCCl)c2ccccc2)c2ccccc2)cc1.Cl. The van der Waals surface area contributed by atoms with Crippen molar-refractivity contribution < 1.29 is 4.74 Å². The molecule has 3 aromatic rings. The Labute approximate surface area is 191 Å². The van der Waals surface area contributed by atoms with Gasteiger partial charge in [-0.1, -0.05) is 72.8 Å². The molecule has 0 aliphatic rings. The van der Waals surface area contributed by atoms with E-state index in [1.807, 2.05) is 26.2 Å². The number of likely N-dealkylation sites (N-methyl/N-ethyl adjacent to an activating group) is 1. The summed E-state index contributed by atoms with van der Waals surface area (Å²) in [5.74, 6) is 1.47. The molecule has 0 atom stereocenters. The molecule has 0 saturated carbocycles. The smallest absolute Gasteiger partial charge is 0.119 e. The van der Waals surface area contributed by atoms with Gasteiger partial charge in [0.05, 0.1) is 0 Å². The van der Waals surface area contributed by atoms with E-state index in [0.29, 0.717) is 12.5 Å². The Kier molecular flexibility index (Phi) is 9.96. The molecule has 30 heavy (non-hydrogen) atoms. The van der Waals surface area contributed by atoms with Crippen molar-refractivity contribution in [1.82, 2.24) is 4.90 Å². The zero-order valence-electron chi connectivity index (χ0n) is 17.6. The molecular weight excluding hydrogens is 413 g/mol. The summed E-state index contributed by atoms with van der Waals surface area (Å²) < 4.78 is 5.87. The number of rotatable bonds is 9. The van der Waals surface area contributed by atoms with Gasteiger partial charge in [0.15, 0.2) is 0 Å². The van der Waals surface area contributed by atoms with Crippen molar-refractivity contribution in [3.05, 3.63) is 102 Å².